The minimum Gasteiger partial charge on any atom is -0.481 e. The summed E-state index contributed by atoms with van der Waals surface area (Å²) in [6.07, 6.45) is 2.46. The first-order chi connectivity index (χ1) is 16.2. The lowest BCUT2D eigenvalue weighted by Gasteiger charge is -2.53. The third-order valence-corrected chi connectivity index (χ3v) is 7.97. The monoisotopic (exact) mass is 513 g/mol. The van der Waals surface area contributed by atoms with Gasteiger partial charge in [0.15, 0.2) is 5.13 Å². The van der Waals surface area contributed by atoms with Crippen molar-refractivity contribution < 1.29 is 33.9 Å². The maximum atomic E-state index is 13.0. The van der Waals surface area contributed by atoms with Crippen LogP contribution in [-0.4, -0.2) is 85.4 Å². The van der Waals surface area contributed by atoms with Crippen LogP contribution in [0.1, 0.15) is 31.5 Å². The summed E-state index contributed by atoms with van der Waals surface area (Å²) in [6.45, 7) is -0.654. The first-order valence-electron chi connectivity index (χ1n) is 10.4. The van der Waals surface area contributed by atoms with Gasteiger partial charge >= 0.3 is 12.1 Å². The van der Waals surface area contributed by atoms with Gasteiger partial charge in [0.2, 0.25) is 17.4 Å². The van der Waals surface area contributed by atoms with Crippen LogP contribution in [0.3, 0.4) is 0 Å². The second-order valence-electron chi connectivity index (χ2n) is 8.22. The summed E-state index contributed by atoms with van der Waals surface area (Å²) in [7, 11) is 0. The number of nitrogens with one attached hydrogen (secondary N) is 1. The van der Waals surface area contributed by atoms with E-state index in [1.54, 1.807) is 0 Å². The van der Waals surface area contributed by atoms with Crippen LogP contribution in [-0.2, 0) is 24.0 Å². The number of nitrogens with zero attached hydrogens (tertiary/aromatic N) is 4. The van der Waals surface area contributed by atoms with Crippen molar-refractivity contribution in [2.45, 2.75) is 43.2 Å². The van der Waals surface area contributed by atoms with Gasteiger partial charge in [-0.05, 0) is 25.7 Å². The van der Waals surface area contributed by atoms with E-state index in [1.807, 2.05) is 0 Å². The Balaban J connectivity index is 1.44. The fraction of sp³-hybridized carbons (Fsp3) is 0.611. The number of nitrogens with two attached hydrogens (primary N) is 2. The number of primary amides is 1. The lowest BCUT2D eigenvalue weighted by atomic mass is 9.88. The van der Waals surface area contributed by atoms with Crippen molar-refractivity contribution in [2.75, 3.05) is 24.6 Å². The highest BCUT2D eigenvalue weighted by atomic mass is 32.2. The Morgan fingerprint density at radius 2 is 2.06 bits per heavy atom. The highest BCUT2D eigenvalue weighted by Gasteiger charge is 2.58. The van der Waals surface area contributed by atoms with Crippen LogP contribution in [0.2, 0.25) is 0 Å². The normalized spacial score (nSPS) is 27.0. The molecule has 1 aliphatic carbocycles. The van der Waals surface area contributed by atoms with E-state index in [4.69, 9.17) is 21.0 Å². The number of hydrogen-bond acceptors (Lipinski definition) is 12. The van der Waals surface area contributed by atoms with Gasteiger partial charge in [0.25, 0.3) is 5.91 Å². The molecule has 4 rings (SSSR count). The maximum Gasteiger partial charge on any atom is 0.404 e. The molecular formula is C18H23N7O7S2. The highest BCUT2D eigenvalue weighted by Crippen LogP contribution is 2.42. The summed E-state index contributed by atoms with van der Waals surface area (Å²) in [4.78, 5) is 59.4. The summed E-state index contributed by atoms with van der Waals surface area (Å²) in [5.74, 6) is -2.36. The number of carboxylic acid groups (broad SMARTS) is 1. The van der Waals surface area contributed by atoms with Crippen LogP contribution in [0.25, 0.3) is 0 Å². The number of aromatic nitrogens is 2. The summed E-state index contributed by atoms with van der Waals surface area (Å²) in [6, 6.07) is -0.908. The van der Waals surface area contributed by atoms with Crippen LogP contribution in [0.5, 0.6) is 0 Å². The number of fused-ring (bicyclic) bond motifs is 1. The van der Waals surface area contributed by atoms with Gasteiger partial charge in [0.1, 0.15) is 29.5 Å². The Morgan fingerprint density at radius 3 is 2.68 bits per heavy atom. The molecule has 16 heteroatoms. The molecule has 1 aromatic heterocycles. The number of β-lactam (4-membered cyclic amide) rings is 1. The van der Waals surface area contributed by atoms with Crippen molar-refractivity contribution in [3.63, 3.8) is 0 Å². The van der Waals surface area contributed by atoms with Gasteiger partial charge in [-0.15, -0.1) is 11.8 Å². The van der Waals surface area contributed by atoms with E-state index in [0.29, 0.717) is 0 Å². The van der Waals surface area contributed by atoms with E-state index in [1.165, 1.54) is 4.90 Å². The molecule has 3 fully saturated rings. The van der Waals surface area contributed by atoms with Crippen molar-refractivity contribution in [3.05, 3.63) is 5.82 Å². The third kappa shape index (κ3) is 4.72. The number of nitrogen functional groups attached to an aromatic ring is 1. The number of rotatable bonds is 8. The number of amides is 3. The molecule has 1 saturated carbocycles. The molecule has 3 atom stereocenters. The third-order valence-electron chi connectivity index (χ3n) is 5.84. The zero-order chi connectivity index (χ0) is 24.5. The van der Waals surface area contributed by atoms with E-state index < -0.39 is 47.3 Å². The number of oxime groups is 1. The number of carbonyl (C=O) groups excluding carboxylic acids is 3. The second-order valence-corrected chi connectivity index (χ2v) is 10.1. The van der Waals surface area contributed by atoms with Gasteiger partial charge in [0.05, 0.1) is 0 Å². The molecule has 0 spiro atoms. The van der Waals surface area contributed by atoms with E-state index in [-0.39, 0.29) is 35.1 Å². The number of carboxylic acids is 1. The van der Waals surface area contributed by atoms with E-state index in [0.717, 1.165) is 49.0 Å². The van der Waals surface area contributed by atoms with Gasteiger partial charge < -0.3 is 36.4 Å². The predicted octanol–water partition coefficient (Wildman–Crippen LogP) is -0.650. The van der Waals surface area contributed by atoms with Gasteiger partial charge in [-0.25, -0.2) is 4.79 Å². The maximum absolute atomic E-state index is 13.0. The molecule has 0 aromatic carbocycles. The molecule has 2 unspecified atom stereocenters. The molecule has 2 aliphatic heterocycles. The van der Waals surface area contributed by atoms with Crippen molar-refractivity contribution in [2.24, 2.45) is 16.3 Å². The van der Waals surface area contributed by atoms with Crippen LogP contribution in [0.15, 0.2) is 5.16 Å². The van der Waals surface area contributed by atoms with E-state index in [2.05, 4.69) is 19.8 Å². The molecular weight excluding hydrogens is 490 g/mol. The zero-order valence-corrected chi connectivity index (χ0v) is 19.5. The Kier molecular flexibility index (Phi) is 6.79. The molecule has 2 saturated heterocycles. The number of thioether (sulfide) groups is 1. The van der Waals surface area contributed by atoms with Crippen LogP contribution in [0.4, 0.5) is 9.93 Å². The molecule has 6 N–H and O–H groups in total. The van der Waals surface area contributed by atoms with Gasteiger partial charge in [-0.3, -0.25) is 14.4 Å². The number of hydrogen-bond donors (Lipinski definition) is 4. The molecule has 3 heterocycles. The lowest BCUT2D eigenvalue weighted by Crippen LogP contribution is -2.74. The first kappa shape index (κ1) is 24.0. The molecule has 1 aromatic rings. The minimum absolute atomic E-state index is 0.00795. The van der Waals surface area contributed by atoms with Crippen LogP contribution < -0.4 is 16.8 Å². The van der Waals surface area contributed by atoms with E-state index in [9.17, 15) is 24.3 Å². The summed E-state index contributed by atoms with van der Waals surface area (Å²) in [5, 5.41) is 15.9. The molecule has 0 radical (unpaired) electrons. The fourth-order valence-electron chi connectivity index (χ4n) is 3.96. The van der Waals surface area contributed by atoms with Crippen molar-refractivity contribution in [1.29, 1.82) is 0 Å². The summed E-state index contributed by atoms with van der Waals surface area (Å²) >= 11 is 2.05. The van der Waals surface area contributed by atoms with Crippen LogP contribution >= 0.6 is 23.3 Å². The Hall–Kier alpha value is -3.14. The fourth-order valence-corrected chi connectivity index (χ4v) is 5.92. The van der Waals surface area contributed by atoms with Gasteiger partial charge in [0, 0.05) is 23.8 Å². The second kappa shape index (κ2) is 9.61. The summed E-state index contributed by atoms with van der Waals surface area (Å²) < 4.78 is 8.74. The number of carbonyl (C=O) groups is 4. The topological polar surface area (TPSA) is 212 Å². The quantitative estimate of drug-likeness (QED) is 0.195. The average molecular weight is 514 g/mol. The standard InChI is InChI=1S/C18H23N7O7S2/c19-16-22-11(24-34-16)9(23-32-8-3-1-2-4-8)12(26)21-10-13(27)25-5-18(15(28)29,6-31-17(20)30)7-33-14(10)25/h8,10,14H,1-7H2,(H2,20,30)(H,21,26)(H,28,29)(H2,19,22,24)/t10?,14-,18?/m1/s1. The van der Waals surface area contributed by atoms with Crippen molar-refractivity contribution in [1.82, 2.24) is 19.6 Å². The van der Waals surface area contributed by atoms with Gasteiger partial charge in [-0.2, -0.15) is 9.36 Å². The molecule has 34 heavy (non-hydrogen) atoms. The largest absolute Gasteiger partial charge is 0.481 e. The van der Waals surface area contributed by atoms with Crippen LogP contribution in [0, 0.1) is 5.41 Å². The SMILES string of the molecule is NC(=O)OCC1(C(=O)O)CS[C@@H]2C(NC(=O)C(=NOC3CCCC3)c3nsc(N)n3)C(=O)N2C1. The predicted molar refractivity (Wildman–Crippen MR) is 120 cm³/mol. The minimum atomic E-state index is -1.50. The molecule has 0 bridgehead atoms. The Labute approximate surface area is 201 Å². The summed E-state index contributed by atoms with van der Waals surface area (Å²) in [5.41, 5.74) is 8.92. The molecule has 3 amide bonds. The Bertz CT molecular complexity index is 1030. The van der Waals surface area contributed by atoms with Gasteiger partial charge in [-0.1, -0.05) is 5.16 Å². The molecule has 3 aliphatic rings. The molecule has 14 nitrogen and oxygen atoms in total. The smallest absolute Gasteiger partial charge is 0.404 e. The van der Waals surface area contributed by atoms with Crippen molar-refractivity contribution >= 4 is 58.0 Å². The number of aliphatic carboxylic acids is 1. The highest BCUT2D eigenvalue weighted by molar-refractivity contribution is 8.00. The van der Waals surface area contributed by atoms with E-state index >= 15 is 0 Å². The first-order valence-corrected chi connectivity index (χ1v) is 12.2. The Morgan fingerprint density at radius 1 is 1.32 bits per heavy atom. The number of anilines is 1. The zero-order valence-electron chi connectivity index (χ0n) is 17.8. The lowest BCUT2D eigenvalue weighted by molar-refractivity contribution is -0.160. The van der Waals surface area contributed by atoms with Crippen molar-refractivity contribution in [3.8, 4) is 0 Å². The molecule has 184 valence electrons. The average Bonchev–Trinajstić information content (AvgIpc) is 3.47. The number of ether oxygens (including phenoxy) is 1.